The van der Waals surface area contributed by atoms with E-state index in [2.05, 4.69) is 356 Å². The predicted molar refractivity (Wildman–Crippen MR) is 419 cm³/mol. The van der Waals surface area contributed by atoms with Gasteiger partial charge in [0.2, 0.25) is 28.5 Å². The van der Waals surface area contributed by atoms with Crippen LogP contribution in [-0.2, 0) is 35.2 Å². The van der Waals surface area contributed by atoms with Gasteiger partial charge in [-0.1, -0.05) is 121 Å². The first-order valence-corrected chi connectivity index (χ1v) is 34.9. The van der Waals surface area contributed by atoms with E-state index in [-0.39, 0.29) is 0 Å². The average molecular weight is 1350 g/mol. The molecule has 0 bridgehead atoms. The summed E-state index contributed by atoms with van der Waals surface area (Å²) in [4.78, 5) is 22.5. The molecule has 0 atom stereocenters. The Morgan fingerprint density at radius 1 is 0.214 bits per heavy atom. The normalized spacial score (nSPS) is 10.6. The lowest BCUT2D eigenvalue weighted by atomic mass is 10.0. The topological polar surface area (TPSA) is 83.8 Å². The molecule has 15 aromatic rings. The molecule has 10 nitrogen and oxygen atoms in total. The number of rotatable bonds is 10. The minimum Gasteiger partial charge on any atom is -0.256 e. The summed E-state index contributed by atoms with van der Waals surface area (Å²) in [6.45, 7) is 16.9. The highest BCUT2D eigenvalue weighted by molar-refractivity contribution is 5.72. The third-order valence-corrected chi connectivity index (χ3v) is 18.4. The van der Waals surface area contributed by atoms with Gasteiger partial charge in [-0.15, -0.1) is 0 Å². The van der Waals surface area contributed by atoms with Crippen LogP contribution < -0.4 is 22.8 Å². The quantitative estimate of drug-likeness (QED) is 0.127. The number of benzene rings is 5. The van der Waals surface area contributed by atoms with Crippen molar-refractivity contribution in [2.75, 3.05) is 0 Å². The summed E-state index contributed by atoms with van der Waals surface area (Å²) in [6.07, 6.45) is 16.1. The molecule has 10 heterocycles. The van der Waals surface area contributed by atoms with E-state index in [1.54, 1.807) is 0 Å². The fourth-order valence-electron chi connectivity index (χ4n) is 12.7. The Labute approximate surface area is 608 Å². The molecule has 15 rings (SSSR count). The molecule has 508 valence electrons. The number of hydrogen-bond donors (Lipinski definition) is 0. The van der Waals surface area contributed by atoms with Gasteiger partial charge in [0.15, 0.2) is 31.0 Å². The van der Waals surface area contributed by atoms with Crippen LogP contribution in [0, 0.1) is 55.4 Å². The molecule has 103 heavy (non-hydrogen) atoms. The minimum atomic E-state index is 0.999. The van der Waals surface area contributed by atoms with E-state index < -0.39 is 0 Å². The summed E-state index contributed by atoms with van der Waals surface area (Å²) < 4.78 is 10.8. The third-order valence-electron chi connectivity index (χ3n) is 18.4. The highest BCUT2D eigenvalue weighted by Gasteiger charge is 2.20. The fraction of sp³-hybridized carbons (Fsp3) is 0.140. The SMILES string of the molecule is Cc1cc(-c2ccccc2C)[n+](C)cc1-c1ccccn1.Cc1cccc(-c2cc[n+](C)c(-c3ccccc3C)c2)n1.Cc1cccc(-c2ccc(-c3ccccc3C)[n+](C)c2)n1.Cc1ccccc1-c1cc(-c2ccccn2)cc[n+]1C.Cc1ccccc1-c1ccc(-c2ccccn2)c[n+]1C. The minimum absolute atomic E-state index is 0.999. The van der Waals surface area contributed by atoms with Crippen LogP contribution in [0.5, 0.6) is 0 Å². The number of aromatic nitrogens is 10. The molecular formula is C93H91N10+5. The summed E-state index contributed by atoms with van der Waals surface area (Å²) in [6, 6.07) is 92.0. The van der Waals surface area contributed by atoms with Crippen molar-refractivity contribution in [1.82, 2.24) is 24.9 Å². The second-order valence-corrected chi connectivity index (χ2v) is 26.1. The van der Waals surface area contributed by atoms with E-state index in [0.29, 0.717) is 0 Å². The Morgan fingerprint density at radius 3 is 0.893 bits per heavy atom. The van der Waals surface area contributed by atoms with Gasteiger partial charge >= 0.3 is 0 Å². The van der Waals surface area contributed by atoms with E-state index >= 15 is 0 Å². The molecule has 0 aliphatic rings. The van der Waals surface area contributed by atoms with Crippen LogP contribution in [0.1, 0.15) is 44.8 Å². The molecule has 0 radical (unpaired) electrons. The zero-order valence-electron chi connectivity index (χ0n) is 61.5. The fourth-order valence-corrected chi connectivity index (χ4v) is 12.7. The van der Waals surface area contributed by atoms with Crippen LogP contribution in [0.3, 0.4) is 0 Å². The van der Waals surface area contributed by atoms with Crippen molar-refractivity contribution in [2.45, 2.75) is 55.4 Å². The average Bonchev–Trinajstić information content (AvgIpc) is 0.818. The molecule has 10 heteroatoms. The van der Waals surface area contributed by atoms with Crippen LogP contribution in [0.25, 0.3) is 113 Å². The van der Waals surface area contributed by atoms with Crippen LogP contribution in [-0.4, -0.2) is 24.9 Å². The predicted octanol–water partition coefficient (Wildman–Crippen LogP) is 18.7. The van der Waals surface area contributed by atoms with Crippen LogP contribution in [0.2, 0.25) is 0 Å². The van der Waals surface area contributed by atoms with Gasteiger partial charge in [-0.25, -0.2) is 22.8 Å². The Morgan fingerprint density at radius 2 is 0.524 bits per heavy atom. The smallest absolute Gasteiger partial charge is 0.213 e. The Kier molecular flexibility index (Phi) is 23.8. The molecule has 0 spiro atoms. The molecule has 0 amide bonds. The van der Waals surface area contributed by atoms with Crippen molar-refractivity contribution in [3.8, 4) is 113 Å². The lowest BCUT2D eigenvalue weighted by Crippen LogP contribution is -2.31. The van der Waals surface area contributed by atoms with Crippen molar-refractivity contribution in [3.63, 3.8) is 0 Å². The van der Waals surface area contributed by atoms with Gasteiger partial charge in [0.05, 0.1) is 45.2 Å². The van der Waals surface area contributed by atoms with E-state index in [4.69, 9.17) is 0 Å². The first-order chi connectivity index (χ1) is 50.0. The Hall–Kier alpha value is -12.4. The number of hydrogen-bond acceptors (Lipinski definition) is 5. The zero-order chi connectivity index (χ0) is 72.4. The summed E-state index contributed by atoms with van der Waals surface area (Å²) in [7, 11) is 10.4. The van der Waals surface area contributed by atoms with Crippen molar-refractivity contribution < 1.29 is 22.8 Å². The van der Waals surface area contributed by atoms with Crippen LogP contribution in [0.4, 0.5) is 0 Å². The molecule has 0 saturated carbocycles. The van der Waals surface area contributed by atoms with Crippen molar-refractivity contribution >= 4 is 0 Å². The first-order valence-electron chi connectivity index (χ1n) is 34.9. The molecular weight excluding hydrogens is 1260 g/mol. The van der Waals surface area contributed by atoms with E-state index in [1.807, 2.05) is 99.2 Å². The summed E-state index contributed by atoms with van der Waals surface area (Å²) in [5.74, 6) is 0. The van der Waals surface area contributed by atoms with Crippen molar-refractivity contribution in [1.29, 1.82) is 0 Å². The van der Waals surface area contributed by atoms with Gasteiger partial charge in [-0.3, -0.25) is 24.9 Å². The molecule has 0 fully saturated rings. The van der Waals surface area contributed by atoms with E-state index in [1.165, 1.54) is 95.2 Å². The molecule has 0 aliphatic carbocycles. The maximum atomic E-state index is 4.62. The molecule has 10 aromatic heterocycles. The largest absolute Gasteiger partial charge is 0.256 e. The van der Waals surface area contributed by atoms with Crippen molar-refractivity contribution in [3.05, 3.63) is 361 Å². The molecule has 0 N–H and O–H groups in total. The highest BCUT2D eigenvalue weighted by atomic mass is 14.9. The summed E-state index contributed by atoms with van der Waals surface area (Å²) in [5, 5.41) is 0. The molecule has 5 aromatic carbocycles. The molecule has 0 unspecified atom stereocenters. The van der Waals surface area contributed by atoms with Crippen LogP contribution >= 0.6 is 0 Å². The van der Waals surface area contributed by atoms with Gasteiger partial charge in [0, 0.05) is 111 Å². The lowest BCUT2D eigenvalue weighted by Gasteiger charge is -2.08. The maximum Gasteiger partial charge on any atom is 0.213 e. The summed E-state index contributed by atoms with van der Waals surface area (Å²) >= 11 is 0. The number of pyridine rings is 10. The lowest BCUT2D eigenvalue weighted by molar-refractivity contribution is -0.660. The van der Waals surface area contributed by atoms with Crippen molar-refractivity contribution in [2.24, 2.45) is 35.2 Å². The molecule has 0 saturated heterocycles. The summed E-state index contributed by atoms with van der Waals surface area (Å²) in [5.41, 5.74) is 32.9. The Balaban J connectivity index is 0.000000129. The van der Waals surface area contributed by atoms with Crippen LogP contribution in [0.15, 0.2) is 316 Å². The highest BCUT2D eigenvalue weighted by Crippen LogP contribution is 2.30. The second-order valence-electron chi connectivity index (χ2n) is 26.1. The third kappa shape index (κ3) is 18.2. The Bertz CT molecular complexity index is 5380. The monoisotopic (exact) mass is 1350 g/mol. The van der Waals surface area contributed by atoms with Gasteiger partial charge in [0.25, 0.3) is 0 Å². The van der Waals surface area contributed by atoms with Gasteiger partial charge in [-0.05, 0) is 192 Å². The van der Waals surface area contributed by atoms with E-state index in [9.17, 15) is 0 Å². The van der Waals surface area contributed by atoms with E-state index in [0.717, 1.165) is 62.1 Å². The first kappa shape index (κ1) is 71.9. The maximum absolute atomic E-state index is 4.62. The molecule has 0 aliphatic heterocycles. The van der Waals surface area contributed by atoms with Gasteiger partial charge < -0.3 is 0 Å². The zero-order valence-corrected chi connectivity index (χ0v) is 61.5. The second kappa shape index (κ2) is 34.1. The van der Waals surface area contributed by atoms with Gasteiger partial charge in [0.1, 0.15) is 35.2 Å². The number of aryl methyl sites for hydroxylation is 13. The number of nitrogens with zero attached hydrogens (tertiary/aromatic N) is 10. The standard InChI is InChI=1S/3C19H19N2.2C18H17N2/c1-14-8-4-5-9-16(14)19-12-15(2)17(13-21(19)3)18-10-6-7-11-20-18;1-14-7-4-5-9-17(14)19-13-16(11-12-21(19)3)18-10-6-8-15(2)20-18;1-14-7-4-5-9-17(14)19-12-11-16(13-21(19)3)18-10-6-8-15(2)20-18;1-14-7-3-4-8-16(14)18-11-10-15(13-20(18)2)17-9-5-6-12-19-17;1-14-7-3-4-8-16(14)18-13-15(10-12-20(18)2)17-9-5-6-11-19-17/h3*4-13H,1-3H3;2*3-13H,1-2H3/q5*+1. The van der Waals surface area contributed by atoms with Gasteiger partial charge in [-0.2, -0.15) is 0 Å².